The van der Waals surface area contributed by atoms with Crippen molar-refractivity contribution in [2.24, 2.45) is 5.41 Å². The lowest BCUT2D eigenvalue weighted by molar-refractivity contribution is -0.138. The van der Waals surface area contributed by atoms with Crippen LogP contribution in [0, 0.1) is 5.41 Å². The van der Waals surface area contributed by atoms with Crippen LogP contribution in [-0.2, 0) is 4.79 Å². The first-order chi connectivity index (χ1) is 5.72. The largest absolute Gasteiger partial charge is 0.480 e. The average molecular weight is 174 g/mol. The van der Waals surface area contributed by atoms with Crippen LogP contribution in [0.3, 0.4) is 0 Å². The van der Waals surface area contributed by atoms with Gasteiger partial charge in [0.1, 0.15) is 0 Å². The highest BCUT2D eigenvalue weighted by Crippen LogP contribution is 2.18. The molecule has 3 heteroatoms. The molecule has 3 nitrogen and oxygen atoms in total. The molecule has 0 saturated heterocycles. The Morgan fingerprint density at radius 3 is 2.42 bits per heavy atom. The number of rotatable bonds is 4. The molecule has 0 aliphatic carbocycles. The summed E-state index contributed by atoms with van der Waals surface area (Å²) in [5.41, 5.74) is 0.0686. The first-order valence-electron chi connectivity index (χ1n) is 4.64. The van der Waals surface area contributed by atoms with E-state index in [1.807, 2.05) is 20.8 Å². The van der Waals surface area contributed by atoms with Crippen LogP contribution in [0.25, 0.3) is 0 Å². The molecule has 0 rings (SSSR count). The lowest BCUT2D eigenvalue weighted by Crippen LogP contribution is -2.28. The van der Waals surface area contributed by atoms with E-state index < -0.39 is 12.5 Å². The van der Waals surface area contributed by atoms with Crippen LogP contribution in [0.2, 0.25) is 0 Å². The van der Waals surface area contributed by atoms with E-state index in [9.17, 15) is 4.79 Å². The van der Waals surface area contributed by atoms with Crippen molar-refractivity contribution in [3.63, 3.8) is 0 Å². The van der Waals surface area contributed by atoms with E-state index >= 15 is 0 Å². The second kappa shape index (κ2) is 4.45. The second-order valence-corrected chi connectivity index (χ2v) is 4.26. The number of carboxylic acid groups (broad SMARTS) is 1. The van der Waals surface area contributed by atoms with Gasteiger partial charge in [0, 0.05) is 1.37 Å². The minimum Gasteiger partial charge on any atom is -0.480 e. The summed E-state index contributed by atoms with van der Waals surface area (Å²) < 4.78 is 7.69. The first-order valence-corrected chi connectivity index (χ1v) is 4.06. The lowest BCUT2D eigenvalue weighted by Gasteiger charge is -2.22. The van der Waals surface area contributed by atoms with Gasteiger partial charge in [-0.1, -0.05) is 20.8 Å². The first kappa shape index (κ1) is 9.52. The molecule has 1 unspecified atom stereocenters. The quantitative estimate of drug-likeness (QED) is 0.701. The van der Waals surface area contributed by atoms with Gasteiger partial charge in [-0.3, -0.25) is 9.69 Å². The van der Waals surface area contributed by atoms with Crippen molar-refractivity contribution in [3.8, 4) is 0 Å². The molecule has 12 heavy (non-hydrogen) atoms. The fourth-order valence-corrected chi connectivity index (χ4v) is 0.708. The fourth-order valence-electron chi connectivity index (χ4n) is 0.708. The molecule has 1 atom stereocenters. The Morgan fingerprint density at radius 1 is 1.58 bits per heavy atom. The molecule has 0 amide bonds. The summed E-state index contributed by atoms with van der Waals surface area (Å²) in [4.78, 5) is 11.9. The molecule has 0 aromatic carbocycles. The highest BCUT2D eigenvalue weighted by atomic mass is 16.4. The third-order valence-corrected chi connectivity index (χ3v) is 1.40. The molecule has 0 saturated carbocycles. The molecule has 0 fully saturated rings. The van der Waals surface area contributed by atoms with Crippen molar-refractivity contribution in [2.75, 3.05) is 20.1 Å². The van der Waals surface area contributed by atoms with Crippen molar-refractivity contribution in [3.05, 3.63) is 0 Å². The van der Waals surface area contributed by atoms with E-state index in [0.717, 1.165) is 0 Å². The Bertz CT molecular complexity index is 177. The van der Waals surface area contributed by atoms with E-state index in [1.54, 1.807) is 7.05 Å². The zero-order chi connectivity index (χ0) is 10.6. The second-order valence-electron chi connectivity index (χ2n) is 4.26. The molecule has 0 aliphatic heterocycles. The van der Waals surface area contributed by atoms with Crippen LogP contribution in [-0.4, -0.2) is 36.1 Å². The maximum atomic E-state index is 10.4. The van der Waals surface area contributed by atoms with Gasteiger partial charge in [-0.2, -0.15) is 0 Å². The summed E-state index contributed by atoms with van der Waals surface area (Å²) >= 11 is 0. The molecule has 0 radical (unpaired) electrons. The van der Waals surface area contributed by atoms with Crippen molar-refractivity contribution in [1.82, 2.24) is 4.90 Å². The third-order valence-electron chi connectivity index (χ3n) is 1.40. The number of carboxylic acids is 1. The van der Waals surface area contributed by atoms with Gasteiger partial charge in [-0.15, -0.1) is 0 Å². The van der Waals surface area contributed by atoms with Crippen LogP contribution < -0.4 is 0 Å². The number of likely N-dealkylation sites (N-methyl/N-ethyl adjacent to an activating group) is 1. The summed E-state index contributed by atoms with van der Waals surface area (Å²) in [6, 6.07) is 0. The van der Waals surface area contributed by atoms with Crippen LogP contribution in [0.15, 0.2) is 0 Å². The molecule has 72 valence electrons. The van der Waals surface area contributed by atoms with Gasteiger partial charge in [0.15, 0.2) is 0 Å². The molecule has 0 aromatic heterocycles. The highest BCUT2D eigenvalue weighted by Gasteiger charge is 2.12. The predicted molar refractivity (Wildman–Crippen MR) is 49.2 cm³/mol. The van der Waals surface area contributed by atoms with E-state index in [1.165, 1.54) is 4.90 Å². The summed E-state index contributed by atoms with van der Waals surface area (Å²) in [5, 5.41) is 8.51. The number of carbonyl (C=O) groups is 1. The number of hydrogen-bond donors (Lipinski definition) is 1. The molecule has 0 heterocycles. The molecule has 0 aromatic rings. The summed E-state index contributed by atoms with van der Waals surface area (Å²) in [5.74, 6) is -0.881. The lowest BCUT2D eigenvalue weighted by atomic mass is 9.92. The predicted octanol–water partition coefficient (Wildman–Crippen LogP) is 1.44. The summed E-state index contributed by atoms with van der Waals surface area (Å²) in [6.45, 7) is 5.63. The maximum Gasteiger partial charge on any atom is 0.317 e. The highest BCUT2D eigenvalue weighted by molar-refractivity contribution is 5.68. The molecule has 0 aliphatic rings. The van der Waals surface area contributed by atoms with Crippen LogP contribution in [0.1, 0.15) is 28.6 Å². The van der Waals surface area contributed by atoms with Gasteiger partial charge in [0.2, 0.25) is 0 Å². The van der Waals surface area contributed by atoms with Crippen LogP contribution >= 0.6 is 0 Å². The smallest absolute Gasteiger partial charge is 0.317 e. The van der Waals surface area contributed by atoms with Crippen molar-refractivity contribution in [2.45, 2.75) is 27.2 Å². The molecule has 0 spiro atoms. The Labute approximate surface area is 75.8 Å². The van der Waals surface area contributed by atoms with Crippen molar-refractivity contribution < 1.29 is 11.3 Å². The minimum absolute atomic E-state index is 0.0652. The van der Waals surface area contributed by atoms with E-state index in [-0.39, 0.29) is 12.0 Å². The monoisotopic (exact) mass is 174 g/mol. The number of aliphatic carboxylic acids is 1. The van der Waals surface area contributed by atoms with Gasteiger partial charge in [-0.05, 0) is 25.4 Å². The molecular formula is C9H19NO2. The number of hydrogen-bond acceptors (Lipinski definition) is 2. The number of nitrogens with zero attached hydrogens (tertiary/aromatic N) is 1. The van der Waals surface area contributed by atoms with Crippen molar-refractivity contribution in [1.29, 1.82) is 0 Å². The normalized spacial score (nSPS) is 15.9. The molecular weight excluding hydrogens is 154 g/mol. The molecule has 0 bridgehead atoms. The van der Waals surface area contributed by atoms with Crippen molar-refractivity contribution >= 4 is 5.97 Å². The summed E-state index contributed by atoms with van der Waals surface area (Å²) in [6.07, 6.45) is 0.677. The minimum atomic E-state index is -0.881. The van der Waals surface area contributed by atoms with E-state index in [4.69, 9.17) is 6.48 Å². The SMILES string of the molecule is [2H]C(CC(C)(C)C)N(C)CC(=O)O. The van der Waals surface area contributed by atoms with Gasteiger partial charge < -0.3 is 5.11 Å². The topological polar surface area (TPSA) is 40.5 Å². The fraction of sp³-hybridized carbons (Fsp3) is 0.889. The Kier molecular flexibility index (Phi) is 3.53. The summed E-state index contributed by atoms with van der Waals surface area (Å²) in [7, 11) is 1.66. The van der Waals surface area contributed by atoms with E-state index in [2.05, 4.69) is 0 Å². The zero-order valence-electron chi connectivity index (χ0n) is 9.29. The van der Waals surface area contributed by atoms with Gasteiger partial charge in [0.25, 0.3) is 0 Å². The maximum absolute atomic E-state index is 10.4. The van der Waals surface area contributed by atoms with Crippen LogP contribution in [0.4, 0.5) is 0 Å². The Morgan fingerprint density at radius 2 is 2.08 bits per heavy atom. The van der Waals surface area contributed by atoms with Crippen LogP contribution in [0.5, 0.6) is 0 Å². The average Bonchev–Trinajstić information content (AvgIpc) is 1.81. The standard InChI is InChI=1S/C9H19NO2/c1-9(2,3)5-6-10(4)7-8(11)12/h5-7H2,1-4H3,(H,11,12)/i6D. The zero-order valence-corrected chi connectivity index (χ0v) is 8.29. The van der Waals surface area contributed by atoms with Gasteiger partial charge in [-0.25, -0.2) is 0 Å². The molecule has 1 N–H and O–H groups in total. The Balaban J connectivity index is 3.96. The van der Waals surface area contributed by atoms with E-state index in [0.29, 0.717) is 6.42 Å². The van der Waals surface area contributed by atoms with Gasteiger partial charge >= 0.3 is 5.97 Å². The Hall–Kier alpha value is -0.570. The third kappa shape index (κ3) is 7.54. The van der Waals surface area contributed by atoms with Gasteiger partial charge in [0.05, 0.1) is 6.54 Å².